The van der Waals surface area contributed by atoms with Crippen LogP contribution in [0.3, 0.4) is 0 Å². The number of fused-ring (bicyclic) bond motifs is 1. The van der Waals surface area contributed by atoms with Gasteiger partial charge in [-0.1, -0.05) is 42.5 Å². The first-order valence-electron chi connectivity index (χ1n) is 6.26. The Morgan fingerprint density at radius 3 is 2.55 bits per heavy atom. The van der Waals surface area contributed by atoms with Gasteiger partial charge >= 0.3 is 0 Å². The number of carbonyl (C=O) groups is 1. The molecule has 0 bridgehead atoms. The largest absolute Gasteiger partial charge is 0.330 e. The van der Waals surface area contributed by atoms with E-state index in [0.29, 0.717) is 13.1 Å². The van der Waals surface area contributed by atoms with Crippen LogP contribution in [0.25, 0.3) is 0 Å². The minimum atomic E-state index is -0.497. The molecule has 0 saturated carbocycles. The molecule has 0 unspecified atom stereocenters. The van der Waals surface area contributed by atoms with Gasteiger partial charge in [-0.3, -0.25) is 14.9 Å². The molecule has 1 aliphatic heterocycles. The van der Waals surface area contributed by atoms with Crippen LogP contribution in [0.1, 0.15) is 21.5 Å². The third-order valence-corrected chi connectivity index (χ3v) is 3.40. The van der Waals surface area contributed by atoms with Crippen molar-refractivity contribution >= 4 is 11.6 Å². The average molecular weight is 268 g/mol. The van der Waals surface area contributed by atoms with E-state index in [4.69, 9.17) is 0 Å². The van der Waals surface area contributed by atoms with Crippen LogP contribution in [-0.4, -0.2) is 15.7 Å². The maximum Gasteiger partial charge on any atom is 0.282 e. The molecule has 0 fully saturated rings. The molecule has 0 aromatic heterocycles. The van der Waals surface area contributed by atoms with Crippen LogP contribution in [0.2, 0.25) is 0 Å². The summed E-state index contributed by atoms with van der Waals surface area (Å²) in [5.41, 5.74) is 1.85. The maximum absolute atomic E-state index is 12.3. The number of nitro groups is 1. The highest BCUT2D eigenvalue weighted by atomic mass is 16.6. The van der Waals surface area contributed by atoms with Gasteiger partial charge in [-0.2, -0.15) is 0 Å². The molecule has 2 aromatic carbocycles. The molecule has 2 aromatic rings. The number of hydrogen-bond acceptors (Lipinski definition) is 3. The van der Waals surface area contributed by atoms with Crippen LogP contribution in [0.5, 0.6) is 0 Å². The third kappa shape index (κ3) is 2.03. The Morgan fingerprint density at radius 1 is 1.10 bits per heavy atom. The number of nitro benzene ring substituents is 1. The third-order valence-electron chi connectivity index (χ3n) is 3.40. The van der Waals surface area contributed by atoms with Crippen LogP contribution in [-0.2, 0) is 13.1 Å². The van der Waals surface area contributed by atoms with Crippen molar-refractivity contribution in [2.24, 2.45) is 0 Å². The monoisotopic (exact) mass is 268 g/mol. The Hall–Kier alpha value is -2.69. The summed E-state index contributed by atoms with van der Waals surface area (Å²) in [5, 5.41) is 11.0. The van der Waals surface area contributed by atoms with E-state index in [9.17, 15) is 14.9 Å². The van der Waals surface area contributed by atoms with Crippen molar-refractivity contribution in [3.63, 3.8) is 0 Å². The van der Waals surface area contributed by atoms with Gasteiger partial charge in [-0.25, -0.2) is 0 Å². The smallest absolute Gasteiger partial charge is 0.282 e. The predicted molar refractivity (Wildman–Crippen MR) is 73.1 cm³/mol. The van der Waals surface area contributed by atoms with Crippen LogP contribution >= 0.6 is 0 Å². The molecule has 0 radical (unpaired) electrons. The van der Waals surface area contributed by atoms with Gasteiger partial charge in [0, 0.05) is 19.2 Å². The number of hydrogen-bond donors (Lipinski definition) is 0. The number of carbonyl (C=O) groups excluding carboxylic acids is 1. The molecule has 20 heavy (non-hydrogen) atoms. The van der Waals surface area contributed by atoms with E-state index >= 15 is 0 Å². The minimum absolute atomic E-state index is 0.108. The first-order chi connectivity index (χ1) is 9.66. The summed E-state index contributed by atoms with van der Waals surface area (Å²) >= 11 is 0. The molecule has 0 aliphatic carbocycles. The standard InChI is InChI=1S/C15H12N2O3/c18-15-14-12(7-4-8-13(14)17(19)20)10-16(15)9-11-5-2-1-3-6-11/h1-8H,9-10H2. The summed E-state index contributed by atoms with van der Waals surface area (Å²) in [5.74, 6) is -0.267. The number of benzene rings is 2. The van der Waals surface area contributed by atoms with Gasteiger partial charge in [0.25, 0.3) is 11.6 Å². The zero-order valence-electron chi connectivity index (χ0n) is 10.7. The molecule has 3 rings (SSSR count). The van der Waals surface area contributed by atoms with E-state index in [0.717, 1.165) is 11.1 Å². The average Bonchev–Trinajstić information content (AvgIpc) is 2.77. The minimum Gasteiger partial charge on any atom is -0.330 e. The van der Waals surface area contributed by atoms with Gasteiger partial charge < -0.3 is 4.90 Å². The molecule has 5 nitrogen and oxygen atoms in total. The maximum atomic E-state index is 12.3. The Bertz CT molecular complexity index is 683. The topological polar surface area (TPSA) is 63.4 Å². The van der Waals surface area contributed by atoms with Crippen molar-refractivity contribution in [3.05, 3.63) is 75.3 Å². The van der Waals surface area contributed by atoms with Crippen molar-refractivity contribution in [3.8, 4) is 0 Å². The molecular formula is C15H12N2O3. The quantitative estimate of drug-likeness (QED) is 0.635. The van der Waals surface area contributed by atoms with E-state index in [-0.39, 0.29) is 17.2 Å². The zero-order valence-corrected chi connectivity index (χ0v) is 10.7. The fourth-order valence-electron chi connectivity index (χ4n) is 2.48. The molecule has 0 saturated heterocycles. The highest BCUT2D eigenvalue weighted by molar-refractivity contribution is 6.02. The fraction of sp³-hybridized carbons (Fsp3) is 0.133. The van der Waals surface area contributed by atoms with Gasteiger partial charge in [-0.05, 0) is 11.1 Å². The Morgan fingerprint density at radius 2 is 1.85 bits per heavy atom. The molecule has 1 amide bonds. The van der Waals surface area contributed by atoms with Gasteiger partial charge in [0.2, 0.25) is 0 Å². The molecule has 0 N–H and O–H groups in total. The summed E-state index contributed by atoms with van der Waals surface area (Å²) in [7, 11) is 0. The number of rotatable bonds is 3. The van der Waals surface area contributed by atoms with Gasteiger partial charge in [0.15, 0.2) is 0 Å². The number of nitrogens with zero attached hydrogens (tertiary/aromatic N) is 2. The highest BCUT2D eigenvalue weighted by Gasteiger charge is 2.34. The van der Waals surface area contributed by atoms with E-state index in [2.05, 4.69) is 0 Å². The lowest BCUT2D eigenvalue weighted by molar-refractivity contribution is -0.385. The fourth-order valence-corrected chi connectivity index (χ4v) is 2.48. The lowest BCUT2D eigenvalue weighted by Gasteiger charge is -2.15. The normalized spacial score (nSPS) is 13.4. The first kappa shape index (κ1) is 12.3. The highest BCUT2D eigenvalue weighted by Crippen LogP contribution is 2.31. The van der Waals surface area contributed by atoms with Crippen molar-refractivity contribution < 1.29 is 9.72 Å². The second-order valence-electron chi connectivity index (χ2n) is 4.72. The number of amides is 1. The van der Waals surface area contributed by atoms with E-state index < -0.39 is 4.92 Å². The second kappa shape index (κ2) is 4.77. The zero-order chi connectivity index (χ0) is 14.1. The van der Waals surface area contributed by atoms with Crippen molar-refractivity contribution in [1.29, 1.82) is 0 Å². The molecule has 0 atom stereocenters. The van der Waals surface area contributed by atoms with Crippen LogP contribution in [0.15, 0.2) is 48.5 Å². The summed E-state index contributed by atoms with van der Waals surface area (Å²) in [4.78, 5) is 24.5. The van der Waals surface area contributed by atoms with Gasteiger partial charge in [-0.15, -0.1) is 0 Å². The van der Waals surface area contributed by atoms with Crippen molar-refractivity contribution in [2.45, 2.75) is 13.1 Å². The van der Waals surface area contributed by atoms with E-state index in [1.54, 1.807) is 17.0 Å². The summed E-state index contributed by atoms with van der Waals surface area (Å²) < 4.78 is 0. The summed E-state index contributed by atoms with van der Waals surface area (Å²) in [6.07, 6.45) is 0. The molecule has 0 spiro atoms. The van der Waals surface area contributed by atoms with E-state index in [1.807, 2.05) is 30.3 Å². The molecular weight excluding hydrogens is 256 g/mol. The SMILES string of the molecule is O=C1c2c(cccc2[N+](=O)[O-])CN1Cc1ccccc1. The Kier molecular flexibility index (Phi) is 2.95. The van der Waals surface area contributed by atoms with Crippen LogP contribution in [0, 0.1) is 10.1 Å². The summed E-state index contributed by atoms with van der Waals surface area (Å²) in [6.45, 7) is 0.885. The Balaban J connectivity index is 1.91. The molecule has 100 valence electrons. The molecule has 5 heteroatoms. The lowest BCUT2D eigenvalue weighted by Crippen LogP contribution is -2.23. The van der Waals surface area contributed by atoms with Crippen LogP contribution in [0.4, 0.5) is 5.69 Å². The van der Waals surface area contributed by atoms with Gasteiger partial charge in [0.1, 0.15) is 5.56 Å². The van der Waals surface area contributed by atoms with Crippen molar-refractivity contribution in [2.75, 3.05) is 0 Å². The Labute approximate surface area is 115 Å². The lowest BCUT2D eigenvalue weighted by atomic mass is 10.1. The van der Waals surface area contributed by atoms with Crippen LogP contribution < -0.4 is 0 Å². The molecule has 1 heterocycles. The summed E-state index contributed by atoms with van der Waals surface area (Å²) in [6, 6.07) is 14.4. The predicted octanol–water partition coefficient (Wildman–Crippen LogP) is 2.75. The van der Waals surface area contributed by atoms with Gasteiger partial charge in [0.05, 0.1) is 4.92 Å². The first-order valence-corrected chi connectivity index (χ1v) is 6.26. The second-order valence-corrected chi connectivity index (χ2v) is 4.72. The van der Waals surface area contributed by atoms with E-state index in [1.165, 1.54) is 6.07 Å². The van der Waals surface area contributed by atoms with Crippen molar-refractivity contribution in [1.82, 2.24) is 4.90 Å². The molecule has 1 aliphatic rings.